The van der Waals surface area contributed by atoms with Gasteiger partial charge in [0.2, 0.25) is 0 Å². The summed E-state index contributed by atoms with van der Waals surface area (Å²) in [6.07, 6.45) is 0.961. The molecule has 3 N–H and O–H groups in total. The largest absolute Gasteiger partial charge is 0.465 e. The van der Waals surface area contributed by atoms with Crippen LogP contribution in [0.1, 0.15) is 28.1 Å². The molecule has 1 fully saturated rings. The lowest BCUT2D eigenvalue weighted by molar-refractivity contribution is 0.0211. The molecule has 0 spiro atoms. The number of hydrogen-bond donors (Lipinski definition) is 2. The van der Waals surface area contributed by atoms with Gasteiger partial charge in [0.15, 0.2) is 0 Å². The normalized spacial score (nSPS) is 28.6. The lowest BCUT2D eigenvalue weighted by atomic mass is 9.63. The second-order valence-electron chi connectivity index (χ2n) is 4.20. The maximum Gasteiger partial charge on any atom is 0.348 e. The van der Waals surface area contributed by atoms with E-state index in [9.17, 15) is 9.90 Å². The van der Waals surface area contributed by atoms with Crippen LogP contribution in [-0.4, -0.2) is 30.8 Å². The lowest BCUT2D eigenvalue weighted by Crippen LogP contribution is -2.50. The van der Waals surface area contributed by atoms with Gasteiger partial charge in [0.1, 0.15) is 4.88 Å². The summed E-state index contributed by atoms with van der Waals surface area (Å²) in [6, 6.07) is 1.91. The van der Waals surface area contributed by atoms with Gasteiger partial charge in [-0.1, -0.05) is 0 Å². The Labute approximate surface area is 98.0 Å². The SMILES string of the molecule is COC(=O)c1sccc1C1(CN)CC(O)C1. The summed E-state index contributed by atoms with van der Waals surface area (Å²) in [5, 5.41) is 11.3. The number of methoxy groups -OCH3 is 1. The van der Waals surface area contributed by atoms with Crippen molar-refractivity contribution in [1.29, 1.82) is 0 Å². The first-order valence-electron chi connectivity index (χ1n) is 5.17. The van der Waals surface area contributed by atoms with Gasteiger partial charge in [-0.2, -0.15) is 0 Å². The molecule has 1 heterocycles. The smallest absolute Gasteiger partial charge is 0.348 e. The molecule has 4 nitrogen and oxygen atoms in total. The van der Waals surface area contributed by atoms with Crippen LogP contribution in [0.25, 0.3) is 0 Å². The molecular formula is C11H15NO3S. The Hall–Kier alpha value is -0.910. The van der Waals surface area contributed by atoms with Crippen LogP contribution >= 0.6 is 11.3 Å². The molecule has 1 aromatic heterocycles. The number of aliphatic hydroxyl groups is 1. The van der Waals surface area contributed by atoms with Gasteiger partial charge < -0.3 is 15.6 Å². The van der Waals surface area contributed by atoms with Crippen molar-refractivity contribution in [3.8, 4) is 0 Å². The van der Waals surface area contributed by atoms with Crippen molar-refractivity contribution in [2.45, 2.75) is 24.4 Å². The topological polar surface area (TPSA) is 72.5 Å². The van der Waals surface area contributed by atoms with Gasteiger partial charge >= 0.3 is 5.97 Å². The fourth-order valence-corrected chi connectivity index (χ4v) is 3.25. The number of aliphatic hydroxyl groups excluding tert-OH is 1. The van der Waals surface area contributed by atoms with Crippen molar-refractivity contribution in [2.75, 3.05) is 13.7 Å². The highest BCUT2D eigenvalue weighted by molar-refractivity contribution is 7.12. The summed E-state index contributed by atoms with van der Waals surface area (Å²) in [6.45, 7) is 0.449. The summed E-state index contributed by atoms with van der Waals surface area (Å²) in [4.78, 5) is 12.2. The minimum atomic E-state index is -0.320. The van der Waals surface area contributed by atoms with Gasteiger partial charge in [-0.05, 0) is 29.9 Å². The minimum absolute atomic E-state index is 0.233. The first-order chi connectivity index (χ1) is 7.63. The van der Waals surface area contributed by atoms with Crippen molar-refractivity contribution in [3.05, 3.63) is 21.9 Å². The first kappa shape index (κ1) is 11.6. The second kappa shape index (κ2) is 4.16. The maximum absolute atomic E-state index is 11.6. The molecule has 2 rings (SSSR count). The zero-order valence-electron chi connectivity index (χ0n) is 9.10. The van der Waals surface area contributed by atoms with Crippen LogP contribution < -0.4 is 5.73 Å². The molecule has 0 aromatic carbocycles. The fraction of sp³-hybridized carbons (Fsp3) is 0.545. The molecule has 1 aliphatic rings. The second-order valence-corrected chi connectivity index (χ2v) is 5.12. The summed E-state index contributed by atoms with van der Waals surface area (Å²) in [5.41, 5.74) is 6.47. The molecule has 0 bridgehead atoms. The number of nitrogens with two attached hydrogens (primary N) is 1. The summed E-state index contributed by atoms with van der Waals surface area (Å²) >= 11 is 1.36. The van der Waals surface area contributed by atoms with Crippen molar-refractivity contribution < 1.29 is 14.6 Å². The predicted octanol–water partition coefficient (Wildman–Crippen LogP) is 0.886. The van der Waals surface area contributed by atoms with Crippen LogP contribution in [0.15, 0.2) is 11.4 Å². The Morgan fingerprint density at radius 2 is 2.44 bits per heavy atom. The van der Waals surface area contributed by atoms with Gasteiger partial charge in [-0.15, -0.1) is 11.3 Å². The first-order valence-corrected chi connectivity index (χ1v) is 6.05. The Kier molecular flexibility index (Phi) is 3.01. The number of carbonyl (C=O) groups excluding carboxylic acids is 1. The molecule has 1 saturated carbocycles. The molecule has 0 amide bonds. The Morgan fingerprint density at radius 3 is 2.94 bits per heavy atom. The number of carbonyl (C=O) groups is 1. The van der Waals surface area contributed by atoms with Crippen LogP contribution in [0, 0.1) is 0 Å². The average molecular weight is 241 g/mol. The minimum Gasteiger partial charge on any atom is -0.465 e. The van der Waals surface area contributed by atoms with E-state index in [1.807, 2.05) is 11.4 Å². The van der Waals surface area contributed by atoms with E-state index in [-0.39, 0.29) is 17.5 Å². The Bertz CT molecular complexity index is 396. The molecule has 0 saturated heterocycles. The molecular weight excluding hydrogens is 226 g/mol. The zero-order chi connectivity index (χ0) is 11.8. The van der Waals surface area contributed by atoms with Gasteiger partial charge in [0.25, 0.3) is 0 Å². The maximum atomic E-state index is 11.6. The summed E-state index contributed by atoms with van der Waals surface area (Å²) < 4.78 is 4.74. The molecule has 0 atom stereocenters. The standard InChI is InChI=1S/C11H15NO3S/c1-15-10(14)9-8(2-3-16-9)11(6-12)4-7(13)5-11/h2-3,7,13H,4-6,12H2,1H3. The lowest BCUT2D eigenvalue weighted by Gasteiger charge is -2.45. The van der Waals surface area contributed by atoms with Crippen LogP contribution in [0.2, 0.25) is 0 Å². The van der Waals surface area contributed by atoms with Crippen LogP contribution in [-0.2, 0) is 10.2 Å². The van der Waals surface area contributed by atoms with Gasteiger partial charge in [-0.3, -0.25) is 0 Å². The number of rotatable bonds is 3. The third kappa shape index (κ3) is 1.65. The molecule has 16 heavy (non-hydrogen) atoms. The molecule has 0 radical (unpaired) electrons. The van der Waals surface area contributed by atoms with Gasteiger partial charge in [0.05, 0.1) is 13.2 Å². The van der Waals surface area contributed by atoms with Gasteiger partial charge in [-0.25, -0.2) is 4.79 Å². The quantitative estimate of drug-likeness (QED) is 0.771. The van der Waals surface area contributed by atoms with E-state index in [4.69, 9.17) is 10.5 Å². The third-order valence-corrected chi connectivity index (χ3v) is 4.15. The van der Waals surface area contributed by atoms with Crippen molar-refractivity contribution in [2.24, 2.45) is 5.73 Å². The highest BCUT2D eigenvalue weighted by Gasteiger charge is 2.46. The highest BCUT2D eigenvalue weighted by atomic mass is 32.1. The van der Waals surface area contributed by atoms with Crippen molar-refractivity contribution in [1.82, 2.24) is 0 Å². The van der Waals surface area contributed by atoms with Crippen LogP contribution in [0.5, 0.6) is 0 Å². The number of ether oxygens (including phenoxy) is 1. The number of thiophene rings is 1. The Balaban J connectivity index is 2.33. The van der Waals surface area contributed by atoms with E-state index in [0.717, 1.165) is 5.56 Å². The predicted molar refractivity (Wildman–Crippen MR) is 61.6 cm³/mol. The molecule has 0 unspecified atom stereocenters. The van der Waals surface area contributed by atoms with Crippen LogP contribution in [0.3, 0.4) is 0 Å². The molecule has 5 heteroatoms. The third-order valence-electron chi connectivity index (χ3n) is 3.25. The van der Waals surface area contributed by atoms with Crippen molar-refractivity contribution in [3.63, 3.8) is 0 Å². The van der Waals surface area contributed by atoms with Crippen molar-refractivity contribution >= 4 is 17.3 Å². The molecule has 88 valence electrons. The molecule has 0 aliphatic heterocycles. The van der Waals surface area contributed by atoms with E-state index in [1.54, 1.807) is 0 Å². The summed E-state index contributed by atoms with van der Waals surface area (Å²) in [5.74, 6) is -0.320. The van der Waals surface area contributed by atoms with E-state index in [0.29, 0.717) is 24.3 Å². The molecule has 1 aromatic rings. The van der Waals surface area contributed by atoms with Gasteiger partial charge in [0, 0.05) is 12.0 Å². The Morgan fingerprint density at radius 1 is 1.75 bits per heavy atom. The monoisotopic (exact) mass is 241 g/mol. The molecule has 1 aliphatic carbocycles. The number of esters is 1. The van der Waals surface area contributed by atoms with E-state index in [2.05, 4.69) is 0 Å². The van der Waals surface area contributed by atoms with E-state index in [1.165, 1.54) is 18.4 Å². The zero-order valence-corrected chi connectivity index (χ0v) is 9.92. The number of hydrogen-bond acceptors (Lipinski definition) is 5. The summed E-state index contributed by atoms with van der Waals surface area (Å²) in [7, 11) is 1.37. The fourth-order valence-electron chi connectivity index (χ4n) is 2.32. The highest BCUT2D eigenvalue weighted by Crippen LogP contribution is 2.45. The van der Waals surface area contributed by atoms with E-state index < -0.39 is 0 Å². The van der Waals surface area contributed by atoms with Crippen LogP contribution in [0.4, 0.5) is 0 Å². The average Bonchev–Trinajstić information content (AvgIpc) is 2.72. The van der Waals surface area contributed by atoms with E-state index >= 15 is 0 Å².